The molecule has 2 heterocycles. The van der Waals surface area contributed by atoms with Gasteiger partial charge in [0.2, 0.25) is 5.88 Å². The monoisotopic (exact) mass is 290 g/mol. The summed E-state index contributed by atoms with van der Waals surface area (Å²) in [4.78, 5) is 0. The maximum atomic E-state index is 10.7. The van der Waals surface area contributed by atoms with E-state index >= 15 is 0 Å². The Balaban J connectivity index is 2.00. The summed E-state index contributed by atoms with van der Waals surface area (Å²) in [5, 5.41) is 15.0. The molecule has 0 aliphatic carbocycles. The van der Waals surface area contributed by atoms with Gasteiger partial charge in [-0.1, -0.05) is 6.07 Å². The van der Waals surface area contributed by atoms with Crippen LogP contribution < -0.4 is 14.2 Å². The highest BCUT2D eigenvalue weighted by Crippen LogP contribution is 2.37. The van der Waals surface area contributed by atoms with Gasteiger partial charge in [-0.2, -0.15) is 5.10 Å². The second kappa shape index (κ2) is 5.29. The van der Waals surface area contributed by atoms with Gasteiger partial charge in [-0.25, -0.2) is 4.68 Å². The molecule has 0 saturated heterocycles. The smallest absolute Gasteiger partial charge is 0.217 e. The molecule has 1 aromatic carbocycles. The maximum Gasteiger partial charge on any atom is 0.217 e. The number of fused-ring (bicyclic) bond motifs is 1. The number of aryl methyl sites for hydroxylation is 2. The molecule has 1 aliphatic heterocycles. The van der Waals surface area contributed by atoms with Crippen molar-refractivity contribution < 1.29 is 19.3 Å². The molecular formula is C15H18N2O4. The predicted molar refractivity (Wildman–Crippen MR) is 76.0 cm³/mol. The molecular weight excluding hydrogens is 272 g/mol. The van der Waals surface area contributed by atoms with E-state index in [1.807, 2.05) is 19.1 Å². The van der Waals surface area contributed by atoms with E-state index in [0.29, 0.717) is 41.7 Å². The van der Waals surface area contributed by atoms with Crippen molar-refractivity contribution in [2.45, 2.75) is 13.0 Å². The molecule has 1 atom stereocenters. The van der Waals surface area contributed by atoms with Gasteiger partial charge >= 0.3 is 0 Å². The number of aliphatic hydroxyl groups excluding tert-OH is 1. The normalized spacial score (nSPS) is 14.9. The Bertz CT molecular complexity index is 666. The van der Waals surface area contributed by atoms with Crippen molar-refractivity contribution in [3.8, 4) is 17.4 Å². The molecule has 0 fully saturated rings. The lowest BCUT2D eigenvalue weighted by atomic mass is 10.0. The van der Waals surface area contributed by atoms with Gasteiger partial charge in [-0.05, 0) is 24.6 Å². The summed E-state index contributed by atoms with van der Waals surface area (Å²) in [6, 6.07) is 5.43. The summed E-state index contributed by atoms with van der Waals surface area (Å²) in [7, 11) is 3.35. The van der Waals surface area contributed by atoms with Gasteiger partial charge in [0.05, 0.1) is 18.4 Å². The lowest BCUT2D eigenvalue weighted by molar-refractivity contribution is 0.169. The Morgan fingerprint density at radius 3 is 2.71 bits per heavy atom. The largest absolute Gasteiger partial charge is 0.486 e. The Morgan fingerprint density at radius 1 is 1.29 bits per heavy atom. The Morgan fingerprint density at radius 2 is 2.00 bits per heavy atom. The highest BCUT2D eigenvalue weighted by atomic mass is 16.6. The Kier molecular flexibility index (Phi) is 3.47. The number of methoxy groups -OCH3 is 1. The number of hydrogen-bond donors (Lipinski definition) is 1. The van der Waals surface area contributed by atoms with Crippen LogP contribution in [-0.4, -0.2) is 35.2 Å². The third-order valence-electron chi connectivity index (χ3n) is 3.56. The van der Waals surface area contributed by atoms with Gasteiger partial charge in [-0.15, -0.1) is 0 Å². The standard InChI is InChI=1S/C15H18N2O4/c1-9-13(15(19-3)17(2)16-9)14(18)10-4-5-11-12(8-10)21-7-6-20-11/h4-5,8,14,18H,6-7H2,1-3H3. The molecule has 21 heavy (non-hydrogen) atoms. The van der Waals surface area contributed by atoms with E-state index in [0.717, 1.165) is 5.69 Å². The molecule has 1 N–H and O–H groups in total. The van der Waals surface area contributed by atoms with Crippen LogP contribution in [0.15, 0.2) is 18.2 Å². The van der Waals surface area contributed by atoms with Crippen LogP contribution in [0, 0.1) is 6.92 Å². The van der Waals surface area contributed by atoms with Crippen LogP contribution in [0.4, 0.5) is 0 Å². The summed E-state index contributed by atoms with van der Waals surface area (Å²) in [5.74, 6) is 1.90. The van der Waals surface area contributed by atoms with E-state index < -0.39 is 6.10 Å². The Hall–Kier alpha value is -2.21. The number of aliphatic hydroxyl groups is 1. The zero-order valence-corrected chi connectivity index (χ0v) is 12.3. The van der Waals surface area contributed by atoms with Crippen LogP contribution in [0.5, 0.6) is 17.4 Å². The van der Waals surface area contributed by atoms with E-state index in [4.69, 9.17) is 14.2 Å². The van der Waals surface area contributed by atoms with Gasteiger partial charge < -0.3 is 19.3 Å². The third-order valence-corrected chi connectivity index (χ3v) is 3.56. The second-order valence-electron chi connectivity index (χ2n) is 4.94. The van der Waals surface area contributed by atoms with Crippen molar-refractivity contribution in [3.05, 3.63) is 35.0 Å². The van der Waals surface area contributed by atoms with E-state index in [9.17, 15) is 5.11 Å². The first kappa shape index (κ1) is 13.8. The van der Waals surface area contributed by atoms with Crippen LogP contribution in [0.2, 0.25) is 0 Å². The molecule has 0 radical (unpaired) electrons. The van der Waals surface area contributed by atoms with Crippen LogP contribution in [0.3, 0.4) is 0 Å². The highest BCUT2D eigenvalue weighted by Gasteiger charge is 2.24. The third kappa shape index (κ3) is 2.31. The predicted octanol–water partition coefficient (Wildman–Crippen LogP) is 1.59. The first-order valence-corrected chi connectivity index (χ1v) is 6.77. The molecule has 6 nitrogen and oxygen atoms in total. The number of rotatable bonds is 3. The number of ether oxygens (including phenoxy) is 3. The summed E-state index contributed by atoms with van der Waals surface area (Å²) < 4.78 is 18.0. The first-order chi connectivity index (χ1) is 10.1. The maximum absolute atomic E-state index is 10.7. The van der Waals surface area contributed by atoms with Crippen LogP contribution >= 0.6 is 0 Å². The van der Waals surface area contributed by atoms with E-state index in [2.05, 4.69) is 5.10 Å². The fraction of sp³-hybridized carbons (Fsp3) is 0.400. The molecule has 0 spiro atoms. The van der Waals surface area contributed by atoms with Crippen molar-refractivity contribution in [1.82, 2.24) is 9.78 Å². The summed E-state index contributed by atoms with van der Waals surface area (Å²) in [6.07, 6.45) is -0.829. The fourth-order valence-electron chi connectivity index (χ4n) is 2.61. The zero-order chi connectivity index (χ0) is 15.0. The highest BCUT2D eigenvalue weighted by molar-refractivity contribution is 5.47. The van der Waals surface area contributed by atoms with Gasteiger partial charge in [0.25, 0.3) is 0 Å². The van der Waals surface area contributed by atoms with E-state index in [1.54, 1.807) is 24.9 Å². The second-order valence-corrected chi connectivity index (χ2v) is 4.94. The van der Waals surface area contributed by atoms with Gasteiger partial charge in [0.1, 0.15) is 19.3 Å². The van der Waals surface area contributed by atoms with Crippen molar-refractivity contribution in [3.63, 3.8) is 0 Å². The van der Waals surface area contributed by atoms with Crippen LogP contribution in [0.25, 0.3) is 0 Å². The average molecular weight is 290 g/mol. The van der Waals surface area contributed by atoms with Gasteiger partial charge in [0, 0.05) is 7.05 Å². The Labute approximate surface area is 122 Å². The molecule has 0 amide bonds. The minimum absolute atomic E-state index is 0.516. The minimum atomic E-state index is -0.829. The van der Waals surface area contributed by atoms with Gasteiger partial charge in [-0.3, -0.25) is 0 Å². The molecule has 0 saturated carbocycles. The van der Waals surface area contributed by atoms with Crippen LogP contribution in [-0.2, 0) is 7.05 Å². The summed E-state index contributed by atoms with van der Waals surface area (Å²) >= 11 is 0. The molecule has 1 aliphatic rings. The number of nitrogens with zero attached hydrogens (tertiary/aromatic N) is 2. The zero-order valence-electron chi connectivity index (χ0n) is 12.3. The summed E-state index contributed by atoms with van der Waals surface area (Å²) in [6.45, 7) is 2.91. The molecule has 112 valence electrons. The number of aromatic nitrogens is 2. The SMILES string of the molecule is COc1c(C(O)c2ccc3c(c2)OCCO3)c(C)nn1C. The quantitative estimate of drug-likeness (QED) is 0.930. The van der Waals surface area contributed by atoms with Crippen molar-refractivity contribution >= 4 is 0 Å². The number of hydrogen-bond acceptors (Lipinski definition) is 5. The van der Waals surface area contributed by atoms with Crippen molar-refractivity contribution in [2.75, 3.05) is 20.3 Å². The minimum Gasteiger partial charge on any atom is -0.486 e. The number of benzene rings is 1. The lowest BCUT2D eigenvalue weighted by Gasteiger charge is -2.20. The molecule has 1 aromatic heterocycles. The molecule has 0 bridgehead atoms. The molecule has 2 aromatic rings. The van der Waals surface area contributed by atoms with Crippen molar-refractivity contribution in [2.24, 2.45) is 7.05 Å². The van der Waals surface area contributed by atoms with E-state index in [-0.39, 0.29) is 0 Å². The summed E-state index contributed by atoms with van der Waals surface area (Å²) in [5.41, 5.74) is 2.11. The first-order valence-electron chi connectivity index (χ1n) is 6.77. The molecule has 3 rings (SSSR count). The van der Waals surface area contributed by atoms with Crippen molar-refractivity contribution in [1.29, 1.82) is 0 Å². The average Bonchev–Trinajstić information content (AvgIpc) is 2.79. The topological polar surface area (TPSA) is 65.7 Å². The van der Waals surface area contributed by atoms with Crippen LogP contribution in [0.1, 0.15) is 22.9 Å². The lowest BCUT2D eigenvalue weighted by Crippen LogP contribution is -2.15. The van der Waals surface area contributed by atoms with E-state index in [1.165, 1.54) is 0 Å². The fourth-order valence-corrected chi connectivity index (χ4v) is 2.61. The molecule has 1 unspecified atom stereocenters. The molecule has 6 heteroatoms. The van der Waals surface area contributed by atoms with Gasteiger partial charge in [0.15, 0.2) is 11.5 Å².